The van der Waals surface area contributed by atoms with Crippen LogP contribution in [0.5, 0.6) is 5.75 Å². The van der Waals surface area contributed by atoms with Crippen molar-refractivity contribution in [2.24, 2.45) is 0 Å². The summed E-state index contributed by atoms with van der Waals surface area (Å²) in [5.41, 5.74) is 0.997. The number of aryl methyl sites for hydroxylation is 1. The van der Waals surface area contributed by atoms with Gasteiger partial charge in [0, 0.05) is 6.92 Å². The fraction of sp³-hybridized carbons (Fsp3) is 0.182. The largest absolute Gasteiger partial charge is 0.485 e. The van der Waals surface area contributed by atoms with Crippen molar-refractivity contribution in [3.63, 3.8) is 0 Å². The lowest BCUT2D eigenvalue weighted by molar-refractivity contribution is -2.00. The Bertz CT molecular complexity index is 475. The molecule has 2 aromatic rings. The SMILES string of the molecule is Cc1cc(COc2ccccc2)o[nH+]1.[O-][Cl+3]([O-])([O-])[O-]. The van der Waals surface area contributed by atoms with Crippen molar-refractivity contribution in [2.75, 3.05) is 0 Å². The second kappa shape index (κ2) is 7.07. The van der Waals surface area contributed by atoms with E-state index in [4.69, 9.17) is 27.9 Å². The highest BCUT2D eigenvalue weighted by molar-refractivity contribution is 5.21. The molecule has 1 heterocycles. The van der Waals surface area contributed by atoms with E-state index in [1.807, 2.05) is 43.3 Å². The molecule has 0 unspecified atom stereocenters. The molecule has 0 spiro atoms. The highest BCUT2D eigenvalue weighted by Gasteiger charge is 2.05. The molecule has 0 saturated heterocycles. The molecule has 1 aromatic heterocycles. The predicted molar refractivity (Wildman–Crippen MR) is 50.8 cm³/mol. The maximum absolute atomic E-state index is 8.49. The first-order valence-electron chi connectivity index (χ1n) is 5.11. The van der Waals surface area contributed by atoms with Crippen LogP contribution in [0.3, 0.4) is 0 Å². The number of benzene rings is 1. The van der Waals surface area contributed by atoms with Crippen LogP contribution in [0.4, 0.5) is 0 Å². The van der Waals surface area contributed by atoms with Crippen LogP contribution in [0.1, 0.15) is 11.5 Å². The zero-order chi connectivity index (χ0) is 14.3. The third kappa shape index (κ3) is 8.14. The number of aromatic nitrogens is 1. The van der Waals surface area contributed by atoms with Gasteiger partial charge in [0.1, 0.15) is 5.75 Å². The van der Waals surface area contributed by atoms with E-state index in [2.05, 4.69) is 5.16 Å². The topological polar surface area (TPSA) is 129 Å². The van der Waals surface area contributed by atoms with Crippen molar-refractivity contribution in [2.45, 2.75) is 13.5 Å². The van der Waals surface area contributed by atoms with Crippen LogP contribution in [0.2, 0.25) is 0 Å². The Hall–Kier alpha value is -1.64. The van der Waals surface area contributed by atoms with E-state index >= 15 is 0 Å². The number of H-pyrrole nitrogens is 1. The summed E-state index contributed by atoms with van der Waals surface area (Å²) in [6.07, 6.45) is 0. The van der Waals surface area contributed by atoms with Gasteiger partial charge in [-0.1, -0.05) is 18.2 Å². The lowest BCUT2D eigenvalue weighted by atomic mass is 10.3. The first kappa shape index (κ1) is 15.4. The summed E-state index contributed by atoms with van der Waals surface area (Å²) in [5.74, 6) is 1.65. The van der Waals surface area contributed by atoms with Gasteiger partial charge in [0.25, 0.3) is 0 Å². The Morgan fingerprint density at radius 1 is 1.16 bits per heavy atom. The number of nitrogens with one attached hydrogen (secondary N) is 1. The molecule has 0 fully saturated rings. The zero-order valence-electron chi connectivity index (χ0n) is 10.00. The van der Waals surface area contributed by atoms with Crippen LogP contribution >= 0.6 is 0 Å². The smallest absolute Gasteiger partial charge is 0.226 e. The van der Waals surface area contributed by atoms with E-state index in [0.29, 0.717) is 6.61 Å². The average molecular weight is 290 g/mol. The number of hydrogen-bond donors (Lipinski definition) is 0. The maximum atomic E-state index is 8.49. The first-order valence-corrected chi connectivity index (χ1v) is 6.34. The Labute approximate surface area is 111 Å². The molecule has 8 heteroatoms. The lowest BCUT2D eigenvalue weighted by Crippen LogP contribution is -2.68. The Kier molecular flexibility index (Phi) is 5.74. The summed E-state index contributed by atoms with van der Waals surface area (Å²) in [4.78, 5) is 0. The van der Waals surface area contributed by atoms with E-state index in [1.165, 1.54) is 0 Å². The predicted octanol–water partition coefficient (Wildman–Crippen LogP) is -2.77. The molecule has 2 rings (SSSR count). The van der Waals surface area contributed by atoms with Crippen molar-refractivity contribution < 1.29 is 43.3 Å². The molecular weight excluding hydrogens is 278 g/mol. The van der Waals surface area contributed by atoms with Gasteiger partial charge in [-0.3, -0.25) is 0 Å². The third-order valence-electron chi connectivity index (χ3n) is 1.84. The molecule has 0 saturated carbocycles. The molecule has 104 valence electrons. The van der Waals surface area contributed by atoms with Gasteiger partial charge in [-0.25, -0.2) is 23.2 Å². The monoisotopic (exact) mass is 289 g/mol. The lowest BCUT2D eigenvalue weighted by Gasteiger charge is -2.17. The molecule has 0 aliphatic carbocycles. The molecule has 19 heavy (non-hydrogen) atoms. The summed E-state index contributed by atoms with van der Waals surface area (Å²) in [5, 5.41) is 2.75. The molecule has 1 N–H and O–H groups in total. The minimum absolute atomic E-state index is 0.453. The van der Waals surface area contributed by atoms with Crippen LogP contribution in [-0.2, 0) is 6.61 Å². The van der Waals surface area contributed by atoms with E-state index in [-0.39, 0.29) is 0 Å². The Morgan fingerprint density at radius 2 is 1.74 bits per heavy atom. The van der Waals surface area contributed by atoms with Crippen molar-refractivity contribution in [1.82, 2.24) is 0 Å². The van der Waals surface area contributed by atoms with Crippen molar-refractivity contribution in [3.8, 4) is 5.75 Å². The van der Waals surface area contributed by atoms with Gasteiger partial charge in [0.2, 0.25) is 11.5 Å². The third-order valence-corrected chi connectivity index (χ3v) is 1.84. The minimum Gasteiger partial charge on any atom is -0.485 e. The van der Waals surface area contributed by atoms with Crippen LogP contribution in [0.25, 0.3) is 0 Å². The summed E-state index contributed by atoms with van der Waals surface area (Å²) < 4.78 is 44.6. The van der Waals surface area contributed by atoms with Gasteiger partial charge in [0.05, 0.1) is 6.07 Å². The van der Waals surface area contributed by atoms with Crippen LogP contribution < -0.4 is 28.5 Å². The van der Waals surface area contributed by atoms with Gasteiger partial charge in [-0.15, -0.1) is 10.2 Å². The number of rotatable bonds is 3. The molecule has 0 aliphatic rings. The molecule has 1 aromatic carbocycles. The normalized spacial score (nSPS) is 10.6. The highest BCUT2D eigenvalue weighted by atomic mass is 35.7. The molecular formula is C11H12ClNO6. The van der Waals surface area contributed by atoms with Crippen LogP contribution in [0.15, 0.2) is 40.9 Å². The fourth-order valence-electron chi connectivity index (χ4n) is 1.19. The van der Waals surface area contributed by atoms with E-state index in [1.54, 1.807) is 0 Å². The standard InChI is InChI=1S/C11H11NO2.ClHO4/c1-9-7-11(14-12-9)8-13-10-5-3-2-4-6-10;2-1(3,4)5/h2-7H,8H2,1H3;(H,2,3,4,5). The van der Waals surface area contributed by atoms with Crippen LogP contribution in [0, 0.1) is 17.2 Å². The molecule has 7 nitrogen and oxygen atoms in total. The van der Waals surface area contributed by atoms with Crippen molar-refractivity contribution in [3.05, 3.63) is 47.9 Å². The van der Waals surface area contributed by atoms with Gasteiger partial charge >= 0.3 is 0 Å². The number of aromatic amines is 1. The number of halogens is 1. The fourth-order valence-corrected chi connectivity index (χ4v) is 1.19. The summed E-state index contributed by atoms with van der Waals surface area (Å²) in [6, 6.07) is 11.6. The molecule has 0 amide bonds. The molecule has 0 aliphatic heterocycles. The molecule has 0 atom stereocenters. The molecule has 0 bridgehead atoms. The van der Waals surface area contributed by atoms with Gasteiger partial charge in [-0.05, 0) is 17.3 Å². The second-order valence-electron chi connectivity index (χ2n) is 3.48. The second-order valence-corrected chi connectivity index (χ2v) is 4.23. The Balaban J connectivity index is 0.000000312. The van der Waals surface area contributed by atoms with Gasteiger partial charge < -0.3 is 4.74 Å². The number of ether oxygens (including phenoxy) is 1. The average Bonchev–Trinajstić information content (AvgIpc) is 2.72. The number of para-hydroxylation sites is 1. The number of hydrogen-bond acceptors (Lipinski definition) is 6. The summed E-state index contributed by atoms with van der Waals surface area (Å²) >= 11 is 0. The maximum Gasteiger partial charge on any atom is 0.226 e. The van der Waals surface area contributed by atoms with Crippen molar-refractivity contribution >= 4 is 0 Å². The van der Waals surface area contributed by atoms with E-state index < -0.39 is 10.2 Å². The van der Waals surface area contributed by atoms with Crippen molar-refractivity contribution in [1.29, 1.82) is 0 Å². The molecule has 0 radical (unpaired) electrons. The van der Waals surface area contributed by atoms with Gasteiger partial charge in [-0.2, -0.15) is 0 Å². The Morgan fingerprint density at radius 3 is 2.21 bits per heavy atom. The summed E-state index contributed by atoms with van der Waals surface area (Å²) in [7, 11) is -4.94. The minimum atomic E-state index is -4.94. The first-order chi connectivity index (χ1) is 8.84. The zero-order valence-corrected chi connectivity index (χ0v) is 10.8. The van der Waals surface area contributed by atoms with E-state index in [0.717, 1.165) is 17.2 Å². The van der Waals surface area contributed by atoms with E-state index in [9.17, 15) is 0 Å². The quantitative estimate of drug-likeness (QED) is 0.601. The summed E-state index contributed by atoms with van der Waals surface area (Å²) in [6.45, 7) is 2.39. The van der Waals surface area contributed by atoms with Gasteiger partial charge in [0.15, 0.2) is 6.61 Å². The highest BCUT2D eigenvalue weighted by Crippen LogP contribution is 2.10. The van der Waals surface area contributed by atoms with Crippen LogP contribution in [-0.4, -0.2) is 0 Å².